The number of halogens is 1. The Morgan fingerprint density at radius 3 is 2.38 bits per heavy atom. The molecule has 1 atom stereocenters. The van der Waals surface area contributed by atoms with Gasteiger partial charge in [-0.25, -0.2) is 4.21 Å². The first-order valence-corrected chi connectivity index (χ1v) is 9.73. The van der Waals surface area contributed by atoms with Crippen molar-refractivity contribution >= 4 is 27.0 Å². The van der Waals surface area contributed by atoms with Crippen LogP contribution in [0.15, 0.2) is 57.4 Å². The van der Waals surface area contributed by atoms with Crippen LogP contribution in [0.5, 0.6) is 0 Å². The minimum absolute atomic E-state index is 0.371. The Morgan fingerprint density at radius 1 is 1.12 bits per heavy atom. The molecule has 0 fully saturated rings. The highest BCUT2D eigenvalue weighted by Crippen LogP contribution is 2.22. The van der Waals surface area contributed by atoms with E-state index >= 15 is 0 Å². The molecule has 0 aliphatic rings. The van der Waals surface area contributed by atoms with Gasteiger partial charge in [-0.3, -0.25) is 0 Å². The number of benzene rings is 2. The Hall–Kier alpha value is -2.18. The monoisotopic (exact) mass is 361 g/mol. The fourth-order valence-corrected chi connectivity index (χ4v) is 3.80. The fourth-order valence-electron chi connectivity index (χ4n) is 2.23. The van der Waals surface area contributed by atoms with E-state index in [9.17, 15) is 4.21 Å². The maximum Gasteiger partial charge on any atom is 0.223 e. The van der Waals surface area contributed by atoms with Gasteiger partial charge in [-0.2, -0.15) is 9.35 Å². The number of nitrogens with zero attached hydrogens (tertiary/aromatic N) is 3. The zero-order valence-corrected chi connectivity index (χ0v) is 14.8. The molecule has 7 heteroatoms. The first kappa shape index (κ1) is 16.7. The second-order valence-corrected chi connectivity index (χ2v) is 8.33. The summed E-state index contributed by atoms with van der Waals surface area (Å²) >= 11 is 5.87. The second-order valence-electron chi connectivity index (χ2n) is 5.51. The Labute approximate surface area is 145 Å². The molecule has 0 amide bonds. The second kappa shape index (κ2) is 6.75. The average molecular weight is 362 g/mol. The van der Waals surface area contributed by atoms with Crippen molar-refractivity contribution in [2.24, 2.45) is 4.36 Å². The Kier molecular flexibility index (Phi) is 4.69. The van der Waals surface area contributed by atoms with Crippen LogP contribution in [0.1, 0.15) is 11.5 Å². The molecule has 0 bridgehead atoms. The highest BCUT2D eigenvalue weighted by Gasteiger charge is 2.07. The lowest BCUT2D eigenvalue weighted by Crippen LogP contribution is -2.00. The van der Waals surface area contributed by atoms with Crippen molar-refractivity contribution < 1.29 is 8.73 Å². The predicted molar refractivity (Wildman–Crippen MR) is 95.8 cm³/mol. The smallest absolute Gasteiger partial charge is 0.223 e. The van der Waals surface area contributed by atoms with E-state index in [4.69, 9.17) is 16.1 Å². The predicted octanol–water partition coefficient (Wildman–Crippen LogP) is 4.63. The standard InChI is InChI=1S/C17H16ClN3O2S/c1-12-19-17(20-23-12)14-5-9-16(10-6-14)21-24(2,22)11-13-3-7-15(18)8-4-13/h3-10H,11H2,1-2H3. The van der Waals surface area contributed by atoms with E-state index in [1.165, 1.54) is 0 Å². The zero-order valence-electron chi connectivity index (χ0n) is 13.3. The van der Waals surface area contributed by atoms with Gasteiger partial charge < -0.3 is 4.52 Å². The summed E-state index contributed by atoms with van der Waals surface area (Å²) in [6.07, 6.45) is 1.65. The lowest BCUT2D eigenvalue weighted by molar-refractivity contribution is 0.394. The molecule has 0 aliphatic heterocycles. The first-order chi connectivity index (χ1) is 11.4. The van der Waals surface area contributed by atoms with Crippen LogP contribution < -0.4 is 0 Å². The molecule has 0 aliphatic carbocycles. The summed E-state index contributed by atoms with van der Waals surface area (Å²) in [6, 6.07) is 14.6. The van der Waals surface area contributed by atoms with E-state index in [2.05, 4.69) is 14.5 Å². The van der Waals surface area contributed by atoms with Gasteiger partial charge in [0.05, 0.1) is 21.2 Å². The van der Waals surface area contributed by atoms with Gasteiger partial charge >= 0.3 is 0 Å². The van der Waals surface area contributed by atoms with E-state index < -0.39 is 9.73 Å². The largest absolute Gasteiger partial charge is 0.339 e. The zero-order chi connectivity index (χ0) is 17.2. The fraction of sp³-hybridized carbons (Fsp3) is 0.176. The third-order valence-electron chi connectivity index (χ3n) is 3.30. The number of rotatable bonds is 4. The minimum Gasteiger partial charge on any atom is -0.339 e. The molecule has 0 saturated carbocycles. The van der Waals surface area contributed by atoms with Crippen LogP contribution in [0.4, 0.5) is 5.69 Å². The van der Waals surface area contributed by atoms with Gasteiger partial charge in [0.15, 0.2) is 0 Å². The summed E-state index contributed by atoms with van der Waals surface area (Å²) in [4.78, 5) is 4.17. The highest BCUT2D eigenvalue weighted by atomic mass is 35.5. The van der Waals surface area contributed by atoms with Crippen LogP contribution in [0.2, 0.25) is 5.02 Å². The summed E-state index contributed by atoms with van der Waals surface area (Å²) in [5.41, 5.74) is 2.42. The van der Waals surface area contributed by atoms with Crippen LogP contribution in [0.3, 0.4) is 0 Å². The first-order valence-electron chi connectivity index (χ1n) is 7.26. The lowest BCUT2D eigenvalue weighted by atomic mass is 10.2. The topological polar surface area (TPSA) is 68.3 Å². The normalized spacial score (nSPS) is 13.5. The molecule has 2 aromatic carbocycles. The molecule has 3 aromatic rings. The van der Waals surface area contributed by atoms with Gasteiger partial charge in [-0.15, -0.1) is 0 Å². The summed E-state index contributed by atoms with van der Waals surface area (Å²) in [6.45, 7) is 1.74. The highest BCUT2D eigenvalue weighted by molar-refractivity contribution is 7.92. The van der Waals surface area contributed by atoms with E-state index in [0.717, 1.165) is 11.1 Å². The molecule has 1 unspecified atom stereocenters. The molecule has 0 spiro atoms. The summed E-state index contributed by atoms with van der Waals surface area (Å²) in [5, 5.41) is 4.53. The quantitative estimate of drug-likeness (QED) is 0.679. The molecule has 0 radical (unpaired) electrons. The van der Waals surface area contributed by atoms with E-state index in [1.807, 2.05) is 24.3 Å². The van der Waals surface area contributed by atoms with Crippen LogP contribution >= 0.6 is 11.6 Å². The third kappa shape index (κ3) is 4.21. The van der Waals surface area contributed by atoms with E-state index in [1.54, 1.807) is 37.4 Å². The van der Waals surface area contributed by atoms with Gasteiger partial charge in [0.2, 0.25) is 11.7 Å². The van der Waals surface area contributed by atoms with Crippen molar-refractivity contribution in [1.29, 1.82) is 0 Å². The van der Waals surface area contributed by atoms with Crippen molar-refractivity contribution in [3.8, 4) is 11.4 Å². The molecule has 124 valence electrons. The lowest BCUT2D eigenvalue weighted by Gasteiger charge is -2.05. The molecule has 24 heavy (non-hydrogen) atoms. The molecular weight excluding hydrogens is 346 g/mol. The van der Waals surface area contributed by atoms with Gasteiger partial charge in [-0.05, 0) is 42.0 Å². The van der Waals surface area contributed by atoms with Gasteiger partial charge in [0, 0.05) is 23.8 Å². The molecule has 1 aromatic heterocycles. The van der Waals surface area contributed by atoms with Crippen LogP contribution in [-0.2, 0) is 15.5 Å². The van der Waals surface area contributed by atoms with E-state index in [0.29, 0.717) is 28.2 Å². The van der Waals surface area contributed by atoms with Gasteiger partial charge in [-0.1, -0.05) is 28.9 Å². The number of aryl methyl sites for hydroxylation is 1. The van der Waals surface area contributed by atoms with Crippen molar-refractivity contribution in [2.75, 3.05) is 6.26 Å². The Bertz CT molecular complexity index is 956. The molecule has 0 saturated heterocycles. The summed E-state index contributed by atoms with van der Waals surface area (Å²) in [7, 11) is -2.39. The minimum atomic E-state index is -2.39. The number of hydrogen-bond donors (Lipinski definition) is 0. The Balaban J connectivity index is 1.81. The Morgan fingerprint density at radius 2 is 1.79 bits per heavy atom. The third-order valence-corrected chi connectivity index (χ3v) is 5.02. The van der Waals surface area contributed by atoms with Crippen molar-refractivity contribution in [1.82, 2.24) is 10.1 Å². The van der Waals surface area contributed by atoms with Gasteiger partial charge in [0.25, 0.3) is 0 Å². The molecule has 5 nitrogen and oxygen atoms in total. The van der Waals surface area contributed by atoms with Crippen LogP contribution in [-0.4, -0.2) is 20.6 Å². The van der Waals surface area contributed by atoms with Crippen molar-refractivity contribution in [2.45, 2.75) is 12.7 Å². The maximum absolute atomic E-state index is 12.7. The van der Waals surface area contributed by atoms with Gasteiger partial charge in [0.1, 0.15) is 0 Å². The molecule has 3 rings (SSSR count). The van der Waals surface area contributed by atoms with Crippen molar-refractivity contribution in [3.05, 3.63) is 65.0 Å². The van der Waals surface area contributed by atoms with Crippen LogP contribution in [0.25, 0.3) is 11.4 Å². The number of aromatic nitrogens is 2. The van der Waals surface area contributed by atoms with E-state index in [-0.39, 0.29) is 0 Å². The van der Waals surface area contributed by atoms with Crippen LogP contribution in [0, 0.1) is 6.92 Å². The SMILES string of the molecule is Cc1nc(-c2ccc(N=S(C)(=O)Cc3ccc(Cl)cc3)cc2)no1. The molecule has 1 heterocycles. The van der Waals surface area contributed by atoms with Crippen molar-refractivity contribution in [3.63, 3.8) is 0 Å². The molecular formula is C17H16ClN3O2S. The summed E-state index contributed by atoms with van der Waals surface area (Å²) in [5.74, 6) is 1.41. The number of hydrogen-bond acceptors (Lipinski definition) is 5. The average Bonchev–Trinajstić information content (AvgIpc) is 2.96. The summed E-state index contributed by atoms with van der Waals surface area (Å²) < 4.78 is 22.1. The maximum atomic E-state index is 12.7. The molecule has 0 N–H and O–H groups in total.